The number of nitrogens with zero attached hydrogens (tertiary/aromatic N) is 3. The standard InChI is InChI=1S/C31H36F3N9O5/c1-16-5-4-6-19(27(44)36-2)25(16)41-26-20(31(32,33)34)14-37-30(42-26)40-21-8-7-17(13-23(21)47-3)38-28(45)22-9-10-24(39-22)43-12-11-18(15-43)48-29(35)46/h4-8,13-14,18,22,24,39H,9-12,15H2,1-3H3,(H2,35,46)(H,36,44)(H,38,45)(H2,37,40,41,42)/t18-,22+,24-/m0/s1. The van der Waals surface area contributed by atoms with Crippen LogP contribution >= 0.6 is 0 Å². The fourth-order valence-corrected chi connectivity index (χ4v) is 5.76. The monoisotopic (exact) mass is 671 g/mol. The number of hydrogen-bond acceptors (Lipinski definition) is 11. The first-order valence-corrected chi connectivity index (χ1v) is 15.1. The predicted octanol–water partition coefficient (Wildman–Crippen LogP) is 3.85. The first kappa shape index (κ1) is 34.2. The molecule has 2 aliphatic heterocycles. The van der Waals surface area contributed by atoms with Crippen molar-refractivity contribution in [2.45, 2.75) is 50.7 Å². The average Bonchev–Trinajstić information content (AvgIpc) is 3.72. The number of nitrogens with two attached hydrogens (primary N) is 1. The largest absolute Gasteiger partial charge is 0.494 e. The molecule has 5 rings (SSSR count). The molecule has 14 nitrogen and oxygen atoms in total. The minimum absolute atomic E-state index is 0.0485. The van der Waals surface area contributed by atoms with E-state index in [0.29, 0.717) is 49.1 Å². The molecule has 0 bridgehead atoms. The Morgan fingerprint density at radius 2 is 1.90 bits per heavy atom. The van der Waals surface area contributed by atoms with Gasteiger partial charge in [0.15, 0.2) is 0 Å². The third-order valence-corrected chi connectivity index (χ3v) is 8.14. The smallest absolute Gasteiger partial charge is 0.421 e. The summed E-state index contributed by atoms with van der Waals surface area (Å²) in [5.74, 6) is -1.21. The SMILES string of the molecule is CNC(=O)c1cccc(C)c1Nc1nc(Nc2ccc(NC(=O)[C@H]3CC[C@H](N4CC[C@H](OC(N)=O)C4)N3)cc2OC)ncc1C(F)(F)F. The van der Waals surface area contributed by atoms with Crippen LogP contribution in [0.25, 0.3) is 0 Å². The van der Waals surface area contributed by atoms with Gasteiger partial charge in [0.1, 0.15) is 23.2 Å². The van der Waals surface area contributed by atoms with Gasteiger partial charge in [0.2, 0.25) is 11.9 Å². The summed E-state index contributed by atoms with van der Waals surface area (Å²) >= 11 is 0. The van der Waals surface area contributed by atoms with Gasteiger partial charge in [-0.1, -0.05) is 12.1 Å². The Kier molecular flexibility index (Phi) is 10.2. The summed E-state index contributed by atoms with van der Waals surface area (Å²) in [6, 6.07) is 9.04. The number of methoxy groups -OCH3 is 1. The van der Waals surface area contributed by atoms with E-state index in [0.717, 1.165) is 6.42 Å². The van der Waals surface area contributed by atoms with Crippen molar-refractivity contribution in [1.82, 2.24) is 25.5 Å². The lowest BCUT2D eigenvalue weighted by molar-refractivity contribution is -0.137. The molecule has 17 heteroatoms. The van der Waals surface area contributed by atoms with Crippen LogP contribution in [-0.4, -0.2) is 78.3 Å². The second kappa shape index (κ2) is 14.3. The number of nitrogens with one attached hydrogen (secondary N) is 5. The molecule has 2 saturated heterocycles. The summed E-state index contributed by atoms with van der Waals surface area (Å²) in [6.07, 6.45) is -3.29. The quantitative estimate of drug-likeness (QED) is 0.184. The van der Waals surface area contributed by atoms with Gasteiger partial charge in [0.25, 0.3) is 5.91 Å². The van der Waals surface area contributed by atoms with Crippen molar-refractivity contribution in [2.75, 3.05) is 43.2 Å². The molecular weight excluding hydrogens is 635 g/mol. The van der Waals surface area contributed by atoms with Gasteiger partial charge in [-0.05, 0) is 49.9 Å². The number of rotatable bonds is 10. The molecular formula is C31H36F3N9O5. The van der Waals surface area contributed by atoms with E-state index < -0.39 is 35.6 Å². The van der Waals surface area contributed by atoms with Gasteiger partial charge in [-0.25, -0.2) is 9.78 Å². The fourth-order valence-electron chi connectivity index (χ4n) is 5.76. The van der Waals surface area contributed by atoms with E-state index in [1.54, 1.807) is 37.3 Å². The van der Waals surface area contributed by atoms with Crippen LogP contribution in [0.5, 0.6) is 5.75 Å². The van der Waals surface area contributed by atoms with Crippen LogP contribution in [0.3, 0.4) is 0 Å². The molecule has 3 heterocycles. The minimum Gasteiger partial charge on any atom is -0.494 e. The predicted molar refractivity (Wildman–Crippen MR) is 170 cm³/mol. The van der Waals surface area contributed by atoms with Crippen molar-refractivity contribution < 1.29 is 37.0 Å². The number of para-hydroxylation sites is 1. The molecule has 3 amide bonds. The summed E-state index contributed by atoms with van der Waals surface area (Å²) in [4.78, 5) is 46.7. The average molecular weight is 672 g/mol. The summed E-state index contributed by atoms with van der Waals surface area (Å²) in [7, 11) is 2.82. The molecule has 0 aliphatic carbocycles. The van der Waals surface area contributed by atoms with Crippen LogP contribution < -0.4 is 37.1 Å². The number of carbonyl (C=O) groups is 3. The van der Waals surface area contributed by atoms with E-state index in [-0.39, 0.29) is 41.1 Å². The molecule has 1 aromatic heterocycles. The Hall–Kier alpha value is -5.16. The van der Waals surface area contributed by atoms with Crippen molar-refractivity contribution in [3.8, 4) is 5.75 Å². The van der Waals surface area contributed by atoms with E-state index in [1.165, 1.54) is 20.2 Å². The van der Waals surface area contributed by atoms with Gasteiger partial charge in [-0.3, -0.25) is 19.8 Å². The summed E-state index contributed by atoms with van der Waals surface area (Å²) < 4.78 is 52.5. The highest BCUT2D eigenvalue weighted by molar-refractivity contribution is 6.01. The number of alkyl halides is 3. The zero-order chi connectivity index (χ0) is 34.6. The van der Waals surface area contributed by atoms with Crippen LogP contribution in [0, 0.1) is 6.92 Å². The highest BCUT2D eigenvalue weighted by atomic mass is 19.4. The van der Waals surface area contributed by atoms with Crippen molar-refractivity contribution in [3.63, 3.8) is 0 Å². The summed E-state index contributed by atoms with van der Waals surface area (Å²) in [5, 5.41) is 14.2. The van der Waals surface area contributed by atoms with Gasteiger partial charge in [0.05, 0.1) is 36.3 Å². The summed E-state index contributed by atoms with van der Waals surface area (Å²) in [5.41, 5.74) is 5.58. The number of ether oxygens (including phenoxy) is 2. The van der Waals surface area contributed by atoms with Gasteiger partial charge in [-0.15, -0.1) is 0 Å². The molecule has 3 aromatic rings. The van der Waals surface area contributed by atoms with Gasteiger partial charge >= 0.3 is 12.3 Å². The number of likely N-dealkylation sites (tertiary alicyclic amines) is 1. The molecule has 2 fully saturated rings. The van der Waals surface area contributed by atoms with E-state index >= 15 is 0 Å². The van der Waals surface area contributed by atoms with E-state index in [4.69, 9.17) is 15.2 Å². The number of anilines is 5. The zero-order valence-electron chi connectivity index (χ0n) is 26.4. The third-order valence-electron chi connectivity index (χ3n) is 8.14. The van der Waals surface area contributed by atoms with E-state index in [9.17, 15) is 27.6 Å². The number of amides is 3. The molecule has 256 valence electrons. The molecule has 3 atom stereocenters. The lowest BCUT2D eigenvalue weighted by atomic mass is 10.1. The van der Waals surface area contributed by atoms with Crippen molar-refractivity contribution >= 4 is 46.7 Å². The fraction of sp³-hybridized carbons (Fsp3) is 0.387. The lowest BCUT2D eigenvalue weighted by Crippen LogP contribution is -2.46. The Morgan fingerprint density at radius 3 is 2.60 bits per heavy atom. The molecule has 0 spiro atoms. The van der Waals surface area contributed by atoms with E-state index in [2.05, 4.69) is 41.5 Å². The third kappa shape index (κ3) is 7.86. The molecule has 0 saturated carbocycles. The maximum Gasteiger partial charge on any atom is 0.421 e. The van der Waals surface area contributed by atoms with Crippen LogP contribution in [0.1, 0.15) is 40.7 Å². The Labute approximate surface area is 274 Å². The zero-order valence-corrected chi connectivity index (χ0v) is 26.4. The number of halogens is 3. The molecule has 2 aliphatic rings. The lowest BCUT2D eigenvalue weighted by Gasteiger charge is -2.24. The Balaban J connectivity index is 1.29. The number of primary amides is 1. The van der Waals surface area contributed by atoms with Crippen LogP contribution in [0.15, 0.2) is 42.6 Å². The van der Waals surface area contributed by atoms with Gasteiger partial charge in [-0.2, -0.15) is 18.2 Å². The number of aromatic nitrogens is 2. The number of aryl methyl sites for hydroxylation is 1. The Bertz CT molecular complexity index is 1690. The maximum absolute atomic E-state index is 14.0. The normalized spacial score (nSPS) is 19.4. The van der Waals surface area contributed by atoms with Crippen LogP contribution in [0.2, 0.25) is 0 Å². The second-order valence-corrected chi connectivity index (χ2v) is 11.3. The van der Waals surface area contributed by atoms with Gasteiger partial charge in [0, 0.05) is 38.1 Å². The molecule has 0 unspecified atom stereocenters. The highest BCUT2D eigenvalue weighted by Crippen LogP contribution is 2.37. The molecule has 7 N–H and O–H groups in total. The number of hydrogen-bond donors (Lipinski definition) is 6. The van der Waals surface area contributed by atoms with Crippen molar-refractivity contribution in [3.05, 3.63) is 59.3 Å². The summed E-state index contributed by atoms with van der Waals surface area (Å²) in [6.45, 7) is 2.89. The molecule has 48 heavy (non-hydrogen) atoms. The second-order valence-electron chi connectivity index (χ2n) is 11.3. The number of carbonyl (C=O) groups excluding carboxylic acids is 3. The number of benzene rings is 2. The minimum atomic E-state index is -4.79. The van der Waals surface area contributed by atoms with Gasteiger partial charge < -0.3 is 36.5 Å². The first-order valence-electron chi connectivity index (χ1n) is 15.1. The van der Waals surface area contributed by atoms with Crippen molar-refractivity contribution in [2.24, 2.45) is 5.73 Å². The Morgan fingerprint density at radius 1 is 1.10 bits per heavy atom. The highest BCUT2D eigenvalue weighted by Gasteiger charge is 2.37. The van der Waals surface area contributed by atoms with E-state index in [1.807, 2.05) is 0 Å². The van der Waals surface area contributed by atoms with Crippen LogP contribution in [-0.2, 0) is 15.7 Å². The topological polar surface area (TPSA) is 185 Å². The van der Waals surface area contributed by atoms with Crippen molar-refractivity contribution in [1.29, 1.82) is 0 Å². The maximum atomic E-state index is 14.0. The first-order chi connectivity index (χ1) is 22.9. The molecule has 0 radical (unpaired) electrons. The van der Waals surface area contributed by atoms with Crippen LogP contribution in [0.4, 0.5) is 46.8 Å². The molecule has 2 aromatic carbocycles.